The summed E-state index contributed by atoms with van der Waals surface area (Å²) in [5, 5.41) is 0.307. The largest absolute Gasteiger partial charge is 0.484 e. The van der Waals surface area contributed by atoms with Crippen LogP contribution >= 0.6 is 11.9 Å². The third-order valence-corrected chi connectivity index (χ3v) is 4.20. The second-order valence-electron chi connectivity index (χ2n) is 6.99. The molecule has 1 aromatic rings. The number of rotatable bonds is 5. The van der Waals surface area contributed by atoms with E-state index >= 15 is 0 Å². The number of alkyl halides is 3. The first-order chi connectivity index (χ1) is 11.2. The van der Waals surface area contributed by atoms with Crippen LogP contribution in [0.3, 0.4) is 0 Å². The van der Waals surface area contributed by atoms with E-state index in [2.05, 4.69) is 6.58 Å². The van der Waals surface area contributed by atoms with Gasteiger partial charge >= 0.3 is 6.18 Å². The SMILES string of the molecule is C=C(OC(C)C)SN(C(=O)c1cc(C)cc(C(F)(F)F)c1)C(C)(C)C. The van der Waals surface area contributed by atoms with Crippen LogP contribution in [0.25, 0.3) is 0 Å². The first-order valence-corrected chi connectivity index (χ1v) is 8.56. The van der Waals surface area contributed by atoms with Crippen LogP contribution < -0.4 is 0 Å². The molecule has 25 heavy (non-hydrogen) atoms. The van der Waals surface area contributed by atoms with E-state index in [0.717, 1.165) is 24.1 Å². The highest BCUT2D eigenvalue weighted by atomic mass is 32.2. The van der Waals surface area contributed by atoms with Gasteiger partial charge in [-0.3, -0.25) is 9.10 Å². The van der Waals surface area contributed by atoms with Crippen molar-refractivity contribution < 1.29 is 22.7 Å². The molecule has 0 aliphatic rings. The van der Waals surface area contributed by atoms with Crippen molar-refractivity contribution in [2.75, 3.05) is 0 Å². The van der Waals surface area contributed by atoms with Crippen LogP contribution in [-0.2, 0) is 10.9 Å². The molecule has 0 saturated carbocycles. The molecular formula is C18H24F3NO2S. The summed E-state index contributed by atoms with van der Waals surface area (Å²) in [6.07, 6.45) is -4.63. The van der Waals surface area contributed by atoms with Gasteiger partial charge in [0.1, 0.15) is 0 Å². The second-order valence-corrected chi connectivity index (χ2v) is 7.99. The fourth-order valence-electron chi connectivity index (χ4n) is 2.06. The fourth-order valence-corrected chi connectivity index (χ4v) is 2.96. The minimum atomic E-state index is -4.51. The lowest BCUT2D eigenvalue weighted by Gasteiger charge is -2.34. The molecule has 0 bridgehead atoms. The minimum Gasteiger partial charge on any atom is -0.484 e. The summed E-state index contributed by atoms with van der Waals surface area (Å²) >= 11 is 0.988. The molecule has 1 rings (SSSR count). The monoisotopic (exact) mass is 375 g/mol. The maximum Gasteiger partial charge on any atom is 0.416 e. The first-order valence-electron chi connectivity index (χ1n) is 7.79. The molecule has 0 aliphatic heterocycles. The van der Waals surface area contributed by atoms with Gasteiger partial charge in [0, 0.05) is 23.1 Å². The van der Waals surface area contributed by atoms with E-state index in [0.29, 0.717) is 10.7 Å². The Kier molecular flexibility index (Phi) is 6.61. The summed E-state index contributed by atoms with van der Waals surface area (Å²) in [6.45, 7) is 14.3. The van der Waals surface area contributed by atoms with Gasteiger partial charge in [-0.25, -0.2) is 0 Å². The number of aryl methyl sites for hydroxylation is 1. The lowest BCUT2D eigenvalue weighted by Crippen LogP contribution is -2.41. The molecule has 7 heteroatoms. The molecule has 0 N–H and O–H groups in total. The Morgan fingerprint density at radius 3 is 2.20 bits per heavy atom. The normalized spacial score (nSPS) is 12.2. The minimum absolute atomic E-state index is 0.0212. The average Bonchev–Trinajstić information content (AvgIpc) is 2.40. The van der Waals surface area contributed by atoms with Gasteiger partial charge in [-0.05, 0) is 71.9 Å². The zero-order valence-corrected chi connectivity index (χ0v) is 16.1. The maximum absolute atomic E-state index is 13.0. The van der Waals surface area contributed by atoms with Crippen molar-refractivity contribution in [1.82, 2.24) is 4.31 Å². The molecule has 0 unspecified atom stereocenters. The van der Waals surface area contributed by atoms with Crippen LogP contribution in [-0.4, -0.2) is 21.9 Å². The van der Waals surface area contributed by atoms with E-state index < -0.39 is 23.2 Å². The van der Waals surface area contributed by atoms with Crippen LogP contribution in [0.1, 0.15) is 56.1 Å². The molecule has 1 amide bonds. The molecular weight excluding hydrogens is 351 g/mol. The highest BCUT2D eigenvalue weighted by Gasteiger charge is 2.34. The number of benzene rings is 1. The zero-order chi connectivity index (χ0) is 19.6. The molecule has 0 spiro atoms. The summed E-state index contributed by atoms with van der Waals surface area (Å²) in [5.74, 6) is -0.528. The van der Waals surface area contributed by atoms with E-state index in [1.54, 1.807) is 20.8 Å². The fraction of sp³-hybridized carbons (Fsp3) is 0.500. The van der Waals surface area contributed by atoms with Crippen molar-refractivity contribution in [3.63, 3.8) is 0 Å². The molecule has 0 atom stereocenters. The van der Waals surface area contributed by atoms with Crippen LogP contribution in [0.2, 0.25) is 0 Å². The summed E-state index contributed by atoms with van der Waals surface area (Å²) in [6, 6.07) is 3.34. The molecule has 0 aromatic heterocycles. The molecule has 1 aromatic carbocycles. The number of hydrogen-bond acceptors (Lipinski definition) is 3. The van der Waals surface area contributed by atoms with Gasteiger partial charge in [-0.2, -0.15) is 13.2 Å². The van der Waals surface area contributed by atoms with Gasteiger partial charge in [-0.1, -0.05) is 0 Å². The summed E-state index contributed by atoms with van der Waals surface area (Å²) in [4.78, 5) is 12.9. The highest BCUT2D eigenvalue weighted by molar-refractivity contribution is 8.01. The van der Waals surface area contributed by atoms with Crippen molar-refractivity contribution in [2.45, 2.75) is 59.4 Å². The molecule has 140 valence electrons. The lowest BCUT2D eigenvalue weighted by atomic mass is 10.0. The molecule has 3 nitrogen and oxygen atoms in total. The Balaban J connectivity index is 3.22. The number of carbonyl (C=O) groups excluding carboxylic acids is 1. The van der Waals surface area contributed by atoms with E-state index in [4.69, 9.17) is 4.74 Å². The summed E-state index contributed by atoms with van der Waals surface area (Å²) < 4.78 is 45.9. The Morgan fingerprint density at radius 1 is 1.20 bits per heavy atom. The summed E-state index contributed by atoms with van der Waals surface area (Å²) in [7, 11) is 0. The predicted molar refractivity (Wildman–Crippen MR) is 95.1 cm³/mol. The smallest absolute Gasteiger partial charge is 0.416 e. The van der Waals surface area contributed by atoms with Gasteiger partial charge in [0.2, 0.25) is 0 Å². The van der Waals surface area contributed by atoms with Crippen molar-refractivity contribution >= 4 is 17.9 Å². The third kappa shape index (κ3) is 6.30. The molecule has 0 saturated heterocycles. The molecule has 0 aliphatic carbocycles. The second kappa shape index (κ2) is 7.72. The Morgan fingerprint density at radius 2 is 1.76 bits per heavy atom. The Bertz CT molecular complexity index is 649. The van der Waals surface area contributed by atoms with Gasteiger partial charge in [0.15, 0.2) is 5.09 Å². The van der Waals surface area contributed by atoms with Crippen molar-refractivity contribution in [2.24, 2.45) is 0 Å². The number of halogens is 3. The lowest BCUT2D eigenvalue weighted by molar-refractivity contribution is -0.137. The number of hydrogen-bond donors (Lipinski definition) is 0. The van der Waals surface area contributed by atoms with Gasteiger partial charge in [-0.15, -0.1) is 0 Å². The molecule has 0 fully saturated rings. The predicted octanol–water partition coefficient (Wildman–Crippen LogP) is 5.80. The quantitative estimate of drug-likeness (QED) is 0.481. The van der Waals surface area contributed by atoms with Crippen molar-refractivity contribution in [3.8, 4) is 0 Å². The Hall–Kier alpha value is -1.63. The van der Waals surface area contributed by atoms with Crippen molar-refractivity contribution in [1.29, 1.82) is 0 Å². The van der Waals surface area contributed by atoms with E-state index in [1.807, 2.05) is 13.8 Å². The molecule has 0 radical (unpaired) electrons. The number of nitrogens with zero attached hydrogens (tertiary/aromatic N) is 1. The van der Waals surface area contributed by atoms with E-state index in [9.17, 15) is 18.0 Å². The van der Waals surface area contributed by atoms with E-state index in [1.165, 1.54) is 17.3 Å². The van der Waals surface area contributed by atoms with Gasteiger partial charge in [0.25, 0.3) is 5.91 Å². The van der Waals surface area contributed by atoms with Crippen LogP contribution in [0, 0.1) is 6.92 Å². The van der Waals surface area contributed by atoms with Crippen LogP contribution in [0.5, 0.6) is 0 Å². The number of carbonyl (C=O) groups is 1. The standard InChI is InChI=1S/C18H24F3NO2S/c1-11(2)24-13(4)25-22(17(5,6)7)16(23)14-8-12(3)9-15(10-14)18(19,20)21/h8-11H,4H2,1-3,5-7H3. The zero-order valence-electron chi connectivity index (χ0n) is 15.3. The first kappa shape index (κ1) is 21.4. The number of amides is 1. The average molecular weight is 375 g/mol. The number of ether oxygens (including phenoxy) is 1. The Labute approximate surface area is 151 Å². The maximum atomic E-state index is 13.0. The van der Waals surface area contributed by atoms with Crippen LogP contribution in [0.15, 0.2) is 29.9 Å². The third-order valence-electron chi connectivity index (χ3n) is 3.01. The van der Waals surface area contributed by atoms with Gasteiger partial charge in [0.05, 0.1) is 11.7 Å². The van der Waals surface area contributed by atoms with Crippen LogP contribution in [0.4, 0.5) is 13.2 Å². The topological polar surface area (TPSA) is 29.5 Å². The van der Waals surface area contributed by atoms with Gasteiger partial charge < -0.3 is 4.74 Å². The highest BCUT2D eigenvalue weighted by Crippen LogP contribution is 2.34. The van der Waals surface area contributed by atoms with Crippen molar-refractivity contribution in [3.05, 3.63) is 46.6 Å². The van der Waals surface area contributed by atoms with E-state index in [-0.39, 0.29) is 11.7 Å². The summed E-state index contributed by atoms with van der Waals surface area (Å²) in [5.41, 5.74) is -1.14. The molecule has 0 heterocycles.